The number of amides is 1. The summed E-state index contributed by atoms with van der Waals surface area (Å²) in [5, 5.41) is 12.8. The van der Waals surface area contributed by atoms with E-state index < -0.39 is 12.0 Å². The Morgan fingerprint density at radius 3 is 2.78 bits per heavy atom. The molecule has 1 rings (SSSR count). The minimum atomic E-state index is -0.586. The minimum Gasteiger partial charge on any atom is -0.391 e. The van der Waals surface area contributed by atoms with E-state index in [9.17, 15) is 9.90 Å². The van der Waals surface area contributed by atoms with Crippen LogP contribution in [0, 0.1) is 5.92 Å². The Bertz CT molecular complexity index is 427. The maximum atomic E-state index is 11.8. The lowest BCUT2D eigenvalue weighted by Gasteiger charge is -2.17. The molecule has 0 aliphatic rings. The first-order valence-electron chi connectivity index (χ1n) is 5.74. The van der Waals surface area contributed by atoms with Crippen molar-refractivity contribution in [1.29, 1.82) is 0 Å². The second-order valence-electron chi connectivity index (χ2n) is 4.13. The summed E-state index contributed by atoms with van der Waals surface area (Å²) in [5.41, 5.74) is 0.0699. The van der Waals surface area contributed by atoms with Gasteiger partial charge in [0.15, 0.2) is 0 Å². The first kappa shape index (κ1) is 15.2. The summed E-state index contributed by atoms with van der Waals surface area (Å²) in [6, 6.07) is 3.02. The third-order valence-electron chi connectivity index (χ3n) is 2.80. The Labute approximate surface area is 116 Å². The molecule has 0 saturated heterocycles. The molecule has 0 aromatic carbocycles. The summed E-state index contributed by atoms with van der Waals surface area (Å²) in [5.74, 6) is -0.321. The molecule has 1 aromatic rings. The fourth-order valence-electron chi connectivity index (χ4n) is 1.33. The third kappa shape index (κ3) is 4.12. The van der Waals surface area contributed by atoms with Crippen LogP contribution in [-0.2, 0) is 0 Å². The highest BCUT2D eigenvalue weighted by Crippen LogP contribution is 2.16. The van der Waals surface area contributed by atoms with Crippen LogP contribution in [0.4, 0.5) is 0 Å². The van der Waals surface area contributed by atoms with E-state index in [4.69, 9.17) is 23.2 Å². The monoisotopic (exact) mass is 290 g/mol. The summed E-state index contributed by atoms with van der Waals surface area (Å²) in [7, 11) is 0. The number of nitrogens with one attached hydrogen (secondary N) is 1. The summed E-state index contributed by atoms with van der Waals surface area (Å²) < 4.78 is 0. The van der Waals surface area contributed by atoms with E-state index >= 15 is 0 Å². The first-order chi connectivity index (χ1) is 8.45. The topological polar surface area (TPSA) is 62.2 Å². The lowest BCUT2D eigenvalue weighted by atomic mass is 10.0. The molecule has 2 N–H and O–H groups in total. The molecule has 100 valence electrons. The standard InChI is InChI=1S/C12H16Cl2N2O2/c1-3-7(2)9(17)6-15-12(18)11-8(13)4-5-10(14)16-11/h4-5,7,9,17H,3,6H2,1-2H3,(H,15,18). The highest BCUT2D eigenvalue weighted by Gasteiger charge is 2.16. The highest BCUT2D eigenvalue weighted by molar-refractivity contribution is 6.34. The van der Waals surface area contributed by atoms with Crippen LogP contribution in [0.2, 0.25) is 10.2 Å². The van der Waals surface area contributed by atoms with E-state index in [0.29, 0.717) is 0 Å². The van der Waals surface area contributed by atoms with Crippen LogP contribution in [-0.4, -0.2) is 28.6 Å². The van der Waals surface area contributed by atoms with Gasteiger partial charge in [-0.1, -0.05) is 43.5 Å². The molecule has 6 heteroatoms. The van der Waals surface area contributed by atoms with Crippen molar-refractivity contribution in [3.05, 3.63) is 28.0 Å². The zero-order chi connectivity index (χ0) is 13.7. The van der Waals surface area contributed by atoms with Gasteiger partial charge in [0.05, 0.1) is 11.1 Å². The van der Waals surface area contributed by atoms with E-state index in [0.717, 1.165) is 6.42 Å². The fourth-order valence-corrected chi connectivity index (χ4v) is 1.67. The van der Waals surface area contributed by atoms with Gasteiger partial charge in [0, 0.05) is 6.54 Å². The zero-order valence-corrected chi connectivity index (χ0v) is 11.8. The zero-order valence-electron chi connectivity index (χ0n) is 10.3. The maximum absolute atomic E-state index is 11.8. The molecule has 2 unspecified atom stereocenters. The van der Waals surface area contributed by atoms with Gasteiger partial charge >= 0.3 is 0 Å². The highest BCUT2D eigenvalue weighted by atomic mass is 35.5. The molecule has 0 radical (unpaired) electrons. The second-order valence-corrected chi connectivity index (χ2v) is 4.92. The molecule has 18 heavy (non-hydrogen) atoms. The SMILES string of the molecule is CCC(C)C(O)CNC(=O)c1nc(Cl)ccc1Cl. The number of carbonyl (C=O) groups is 1. The van der Waals surface area contributed by atoms with Gasteiger partial charge in [0.2, 0.25) is 0 Å². The molecular weight excluding hydrogens is 275 g/mol. The normalized spacial score (nSPS) is 14.1. The number of pyridine rings is 1. The van der Waals surface area contributed by atoms with E-state index in [1.807, 2.05) is 13.8 Å². The third-order valence-corrected chi connectivity index (χ3v) is 3.32. The number of carbonyl (C=O) groups excluding carboxylic acids is 1. The lowest BCUT2D eigenvalue weighted by Crippen LogP contribution is -2.35. The number of hydrogen-bond donors (Lipinski definition) is 2. The number of nitrogens with zero attached hydrogens (tertiary/aromatic N) is 1. The van der Waals surface area contributed by atoms with E-state index in [1.165, 1.54) is 12.1 Å². The Morgan fingerprint density at radius 1 is 1.50 bits per heavy atom. The van der Waals surface area contributed by atoms with Gasteiger partial charge in [-0.15, -0.1) is 0 Å². The summed E-state index contributed by atoms with van der Waals surface area (Å²) in [6.45, 7) is 4.06. The van der Waals surface area contributed by atoms with Gasteiger partial charge < -0.3 is 10.4 Å². The minimum absolute atomic E-state index is 0.0699. The molecule has 2 atom stereocenters. The average molecular weight is 291 g/mol. The molecule has 1 amide bonds. The predicted octanol–water partition coefficient (Wildman–Crippen LogP) is 2.53. The van der Waals surface area contributed by atoms with Crippen molar-refractivity contribution < 1.29 is 9.90 Å². The van der Waals surface area contributed by atoms with Gasteiger partial charge in [-0.05, 0) is 18.1 Å². The fraction of sp³-hybridized carbons (Fsp3) is 0.500. The van der Waals surface area contributed by atoms with E-state index in [1.54, 1.807) is 0 Å². The van der Waals surface area contributed by atoms with Crippen LogP contribution in [0.15, 0.2) is 12.1 Å². The summed E-state index contributed by atoms with van der Waals surface area (Å²) in [4.78, 5) is 15.7. The van der Waals surface area contributed by atoms with Gasteiger partial charge in [-0.25, -0.2) is 4.98 Å². The number of aliphatic hydroxyl groups excluding tert-OH is 1. The maximum Gasteiger partial charge on any atom is 0.271 e. The van der Waals surface area contributed by atoms with E-state index in [-0.39, 0.29) is 28.3 Å². The largest absolute Gasteiger partial charge is 0.391 e. The molecule has 1 heterocycles. The molecule has 1 aromatic heterocycles. The number of hydrogen-bond acceptors (Lipinski definition) is 3. The van der Waals surface area contributed by atoms with Crippen LogP contribution < -0.4 is 5.32 Å². The van der Waals surface area contributed by atoms with Gasteiger partial charge in [-0.3, -0.25) is 4.79 Å². The van der Waals surface area contributed by atoms with Crippen molar-refractivity contribution in [1.82, 2.24) is 10.3 Å². The van der Waals surface area contributed by atoms with Crippen molar-refractivity contribution in [3.8, 4) is 0 Å². The average Bonchev–Trinajstić information content (AvgIpc) is 2.37. The van der Waals surface area contributed by atoms with Crippen molar-refractivity contribution in [2.45, 2.75) is 26.4 Å². The lowest BCUT2D eigenvalue weighted by molar-refractivity contribution is 0.0846. The first-order valence-corrected chi connectivity index (χ1v) is 6.49. The van der Waals surface area contributed by atoms with Crippen molar-refractivity contribution in [3.63, 3.8) is 0 Å². The molecule has 0 fully saturated rings. The van der Waals surface area contributed by atoms with E-state index in [2.05, 4.69) is 10.3 Å². The van der Waals surface area contributed by atoms with Crippen molar-refractivity contribution >= 4 is 29.1 Å². The number of aliphatic hydroxyl groups is 1. The number of halogens is 2. The van der Waals surface area contributed by atoms with Crippen LogP contribution in [0.5, 0.6) is 0 Å². The van der Waals surface area contributed by atoms with Crippen LogP contribution in [0.1, 0.15) is 30.8 Å². The molecular formula is C12H16Cl2N2O2. The van der Waals surface area contributed by atoms with Crippen LogP contribution in [0.25, 0.3) is 0 Å². The molecule has 0 spiro atoms. The summed E-state index contributed by atoms with van der Waals surface area (Å²) in [6.07, 6.45) is 0.254. The van der Waals surface area contributed by atoms with Gasteiger partial charge in [0.1, 0.15) is 10.8 Å². The number of rotatable bonds is 5. The Balaban J connectivity index is 2.63. The quantitative estimate of drug-likeness (QED) is 0.819. The molecule has 0 aliphatic carbocycles. The smallest absolute Gasteiger partial charge is 0.271 e. The van der Waals surface area contributed by atoms with Crippen molar-refractivity contribution in [2.24, 2.45) is 5.92 Å². The molecule has 4 nitrogen and oxygen atoms in total. The van der Waals surface area contributed by atoms with Crippen LogP contribution in [0.3, 0.4) is 0 Å². The predicted molar refractivity (Wildman–Crippen MR) is 72.1 cm³/mol. The second kappa shape index (κ2) is 6.92. The van der Waals surface area contributed by atoms with Crippen LogP contribution >= 0.6 is 23.2 Å². The Morgan fingerprint density at radius 2 is 2.17 bits per heavy atom. The van der Waals surface area contributed by atoms with Gasteiger partial charge in [0.25, 0.3) is 5.91 Å². The Hall–Kier alpha value is -0.840. The molecule has 0 aliphatic heterocycles. The Kier molecular flexibility index (Phi) is 5.85. The van der Waals surface area contributed by atoms with Gasteiger partial charge in [-0.2, -0.15) is 0 Å². The van der Waals surface area contributed by atoms with Crippen molar-refractivity contribution in [2.75, 3.05) is 6.54 Å². The summed E-state index contributed by atoms with van der Waals surface area (Å²) >= 11 is 11.5. The molecule has 0 bridgehead atoms. The number of aromatic nitrogens is 1. The molecule has 0 saturated carbocycles.